The number of primary amides is 1. The van der Waals surface area contributed by atoms with Crippen molar-refractivity contribution in [3.05, 3.63) is 63.7 Å². The Morgan fingerprint density at radius 3 is 2.69 bits per heavy atom. The molecule has 1 aliphatic rings. The van der Waals surface area contributed by atoms with E-state index in [1.54, 1.807) is 31.4 Å². The van der Waals surface area contributed by atoms with Gasteiger partial charge in [-0.25, -0.2) is 4.98 Å². The number of carbonyl (C=O) groups excluding carboxylic acids is 1. The summed E-state index contributed by atoms with van der Waals surface area (Å²) in [4.78, 5) is 29.6. The summed E-state index contributed by atoms with van der Waals surface area (Å²) < 4.78 is 6.83. The van der Waals surface area contributed by atoms with E-state index in [0.29, 0.717) is 27.9 Å². The van der Waals surface area contributed by atoms with Crippen molar-refractivity contribution in [2.75, 3.05) is 7.11 Å². The van der Waals surface area contributed by atoms with Crippen molar-refractivity contribution in [1.82, 2.24) is 9.55 Å². The summed E-state index contributed by atoms with van der Waals surface area (Å²) >= 11 is 0. The molecule has 2 aromatic carbocycles. The number of benzene rings is 2. The van der Waals surface area contributed by atoms with Gasteiger partial charge in [-0.05, 0) is 55.0 Å². The zero-order valence-electron chi connectivity index (χ0n) is 14.7. The van der Waals surface area contributed by atoms with Gasteiger partial charge < -0.3 is 10.5 Å². The number of amides is 1. The molecule has 3 aromatic rings. The highest BCUT2D eigenvalue weighted by molar-refractivity contribution is 5.96. The van der Waals surface area contributed by atoms with E-state index in [1.807, 2.05) is 13.0 Å². The fourth-order valence-corrected chi connectivity index (χ4v) is 3.49. The molecule has 4 rings (SSSR count). The molecule has 0 radical (unpaired) electrons. The molecular weight excluding hydrogens is 330 g/mol. The molecule has 0 bridgehead atoms. The first-order valence-electron chi connectivity index (χ1n) is 8.51. The third-order valence-electron chi connectivity index (χ3n) is 4.88. The SMILES string of the molecule is COc1cccc2c(=O)n(-c3c(C)ccc(C(N)=O)c3C3CC3)cnc12. The van der Waals surface area contributed by atoms with E-state index in [2.05, 4.69) is 4.98 Å². The van der Waals surface area contributed by atoms with E-state index in [4.69, 9.17) is 10.5 Å². The molecule has 6 nitrogen and oxygen atoms in total. The molecule has 2 N–H and O–H groups in total. The largest absolute Gasteiger partial charge is 0.494 e. The highest BCUT2D eigenvalue weighted by Crippen LogP contribution is 2.45. The van der Waals surface area contributed by atoms with Crippen LogP contribution in [0.25, 0.3) is 16.6 Å². The molecule has 132 valence electrons. The van der Waals surface area contributed by atoms with Crippen LogP contribution in [0.15, 0.2) is 41.5 Å². The Balaban J connectivity index is 2.05. The molecule has 1 amide bonds. The van der Waals surface area contributed by atoms with Crippen molar-refractivity contribution in [3.8, 4) is 11.4 Å². The lowest BCUT2D eigenvalue weighted by Crippen LogP contribution is -2.23. The first-order valence-corrected chi connectivity index (χ1v) is 8.51. The van der Waals surface area contributed by atoms with Crippen LogP contribution in [0, 0.1) is 6.92 Å². The van der Waals surface area contributed by atoms with Gasteiger partial charge in [0.2, 0.25) is 5.91 Å². The number of fused-ring (bicyclic) bond motifs is 1. The van der Waals surface area contributed by atoms with Crippen LogP contribution in [-0.4, -0.2) is 22.6 Å². The minimum absolute atomic E-state index is 0.194. The van der Waals surface area contributed by atoms with Crippen LogP contribution in [0.1, 0.15) is 40.2 Å². The average Bonchev–Trinajstić information content (AvgIpc) is 3.46. The van der Waals surface area contributed by atoms with Gasteiger partial charge in [0.15, 0.2) is 0 Å². The number of aryl methyl sites for hydroxylation is 1. The normalized spacial score (nSPS) is 13.8. The summed E-state index contributed by atoms with van der Waals surface area (Å²) in [5.41, 5.74) is 8.86. The third-order valence-corrected chi connectivity index (χ3v) is 4.88. The molecule has 26 heavy (non-hydrogen) atoms. The van der Waals surface area contributed by atoms with E-state index in [1.165, 1.54) is 10.9 Å². The van der Waals surface area contributed by atoms with Crippen LogP contribution in [0.4, 0.5) is 0 Å². The summed E-state index contributed by atoms with van der Waals surface area (Å²) in [5, 5.41) is 0.470. The number of rotatable bonds is 4. The Morgan fingerprint density at radius 2 is 2.04 bits per heavy atom. The van der Waals surface area contributed by atoms with Crippen LogP contribution < -0.4 is 16.0 Å². The molecule has 1 aromatic heterocycles. The van der Waals surface area contributed by atoms with Gasteiger partial charge in [0.05, 0.1) is 18.2 Å². The van der Waals surface area contributed by atoms with E-state index in [9.17, 15) is 9.59 Å². The quantitative estimate of drug-likeness (QED) is 0.784. The van der Waals surface area contributed by atoms with Gasteiger partial charge in [-0.1, -0.05) is 12.1 Å². The van der Waals surface area contributed by atoms with Crippen LogP contribution in [0.5, 0.6) is 5.75 Å². The van der Waals surface area contributed by atoms with Gasteiger partial charge in [-0.2, -0.15) is 0 Å². The summed E-state index contributed by atoms with van der Waals surface area (Å²) in [6, 6.07) is 8.84. The Morgan fingerprint density at radius 1 is 1.27 bits per heavy atom. The van der Waals surface area contributed by atoms with E-state index in [-0.39, 0.29) is 11.5 Å². The van der Waals surface area contributed by atoms with Crippen molar-refractivity contribution in [3.63, 3.8) is 0 Å². The van der Waals surface area contributed by atoms with Gasteiger partial charge in [-0.3, -0.25) is 14.2 Å². The number of nitrogens with zero attached hydrogens (tertiary/aromatic N) is 2. The molecule has 1 aliphatic carbocycles. The van der Waals surface area contributed by atoms with E-state index >= 15 is 0 Å². The monoisotopic (exact) mass is 349 g/mol. The number of ether oxygens (including phenoxy) is 1. The first kappa shape index (κ1) is 16.3. The second kappa shape index (κ2) is 5.98. The smallest absolute Gasteiger partial charge is 0.265 e. The average molecular weight is 349 g/mol. The topological polar surface area (TPSA) is 87.2 Å². The number of aromatic nitrogens is 2. The predicted octanol–water partition coefficient (Wildman–Crippen LogP) is 2.68. The van der Waals surface area contributed by atoms with Crippen LogP contribution >= 0.6 is 0 Å². The molecule has 0 saturated heterocycles. The van der Waals surface area contributed by atoms with Crippen LogP contribution in [0.3, 0.4) is 0 Å². The molecule has 6 heteroatoms. The lowest BCUT2D eigenvalue weighted by atomic mass is 9.96. The Hall–Kier alpha value is -3.15. The number of nitrogens with two attached hydrogens (primary N) is 1. The van der Waals surface area contributed by atoms with E-state index in [0.717, 1.165) is 24.0 Å². The predicted molar refractivity (Wildman–Crippen MR) is 99.1 cm³/mol. The Kier molecular flexibility index (Phi) is 3.76. The van der Waals surface area contributed by atoms with Crippen molar-refractivity contribution in [1.29, 1.82) is 0 Å². The maximum Gasteiger partial charge on any atom is 0.265 e. The summed E-state index contributed by atoms with van der Waals surface area (Å²) in [7, 11) is 1.55. The maximum atomic E-state index is 13.2. The fraction of sp³-hybridized carbons (Fsp3) is 0.250. The van der Waals surface area contributed by atoms with Crippen molar-refractivity contribution in [2.45, 2.75) is 25.7 Å². The maximum absolute atomic E-state index is 13.2. The molecule has 0 spiro atoms. The number of hydrogen-bond donors (Lipinski definition) is 1. The lowest BCUT2D eigenvalue weighted by molar-refractivity contribution is 0.0999. The Bertz CT molecular complexity index is 1100. The van der Waals surface area contributed by atoms with Gasteiger partial charge >= 0.3 is 0 Å². The van der Waals surface area contributed by atoms with Crippen LogP contribution in [0.2, 0.25) is 0 Å². The molecule has 0 aliphatic heterocycles. The van der Waals surface area contributed by atoms with Crippen molar-refractivity contribution < 1.29 is 9.53 Å². The van der Waals surface area contributed by atoms with Gasteiger partial charge in [-0.15, -0.1) is 0 Å². The second-order valence-electron chi connectivity index (χ2n) is 6.61. The molecule has 0 unspecified atom stereocenters. The summed E-state index contributed by atoms with van der Waals surface area (Å²) in [6.45, 7) is 1.92. The van der Waals surface area contributed by atoms with Gasteiger partial charge in [0.1, 0.15) is 17.6 Å². The lowest BCUT2D eigenvalue weighted by Gasteiger charge is -2.17. The van der Waals surface area contributed by atoms with Crippen molar-refractivity contribution in [2.24, 2.45) is 5.73 Å². The number of hydrogen-bond acceptors (Lipinski definition) is 4. The standard InChI is InChI=1S/C20H19N3O3/c1-11-6-9-13(19(21)24)16(12-7-8-12)18(11)23-10-22-17-14(20(23)25)4-3-5-15(17)26-2/h3-6,9-10,12H,7-8H2,1-2H3,(H2,21,24). The Labute approximate surface area is 150 Å². The highest BCUT2D eigenvalue weighted by atomic mass is 16.5. The first-order chi connectivity index (χ1) is 12.5. The summed E-state index contributed by atoms with van der Waals surface area (Å²) in [6.07, 6.45) is 3.48. The van der Waals surface area contributed by atoms with Crippen molar-refractivity contribution >= 4 is 16.8 Å². The van der Waals surface area contributed by atoms with Gasteiger partial charge in [0, 0.05) is 5.56 Å². The third kappa shape index (κ3) is 2.45. The molecular formula is C20H19N3O3. The number of methoxy groups -OCH3 is 1. The minimum atomic E-state index is -0.475. The second-order valence-corrected chi connectivity index (χ2v) is 6.61. The minimum Gasteiger partial charge on any atom is -0.494 e. The highest BCUT2D eigenvalue weighted by Gasteiger charge is 2.32. The number of para-hydroxylation sites is 1. The molecule has 1 fully saturated rings. The molecule has 1 saturated carbocycles. The zero-order chi connectivity index (χ0) is 18.4. The fourth-order valence-electron chi connectivity index (χ4n) is 3.49. The molecule has 1 heterocycles. The van der Waals surface area contributed by atoms with Crippen LogP contribution in [-0.2, 0) is 0 Å². The summed E-state index contributed by atoms with van der Waals surface area (Å²) in [5.74, 6) is 0.327. The van der Waals surface area contributed by atoms with Gasteiger partial charge in [0.25, 0.3) is 5.56 Å². The van der Waals surface area contributed by atoms with E-state index < -0.39 is 5.91 Å². The number of carbonyl (C=O) groups is 1. The molecule has 0 atom stereocenters. The zero-order valence-corrected chi connectivity index (χ0v) is 14.7.